The van der Waals surface area contributed by atoms with Crippen LogP contribution in [0.2, 0.25) is 5.02 Å². The Balaban J connectivity index is 1.16. The maximum atomic E-state index is 14.3. The van der Waals surface area contributed by atoms with Crippen molar-refractivity contribution in [2.24, 2.45) is 17.8 Å². The van der Waals surface area contributed by atoms with E-state index in [-0.39, 0.29) is 34.4 Å². The average Bonchev–Trinajstić information content (AvgIpc) is 3.46. The summed E-state index contributed by atoms with van der Waals surface area (Å²) in [6.07, 6.45) is 2.37. The molecule has 0 bridgehead atoms. The number of nitrogens with zero attached hydrogens (tertiary/aromatic N) is 2. The van der Waals surface area contributed by atoms with Gasteiger partial charge in [0.15, 0.2) is 0 Å². The van der Waals surface area contributed by atoms with Crippen molar-refractivity contribution in [1.29, 1.82) is 0 Å². The molecule has 6 nitrogen and oxygen atoms in total. The summed E-state index contributed by atoms with van der Waals surface area (Å²) in [7, 11) is 0. The van der Waals surface area contributed by atoms with Crippen LogP contribution in [0.15, 0.2) is 48.5 Å². The molecule has 8 heteroatoms. The van der Waals surface area contributed by atoms with Gasteiger partial charge in [-0.3, -0.25) is 9.59 Å². The van der Waals surface area contributed by atoms with Crippen molar-refractivity contribution in [3.8, 4) is 0 Å². The van der Waals surface area contributed by atoms with Gasteiger partial charge in [0.1, 0.15) is 5.82 Å². The van der Waals surface area contributed by atoms with Gasteiger partial charge in [-0.15, -0.1) is 0 Å². The molecule has 0 radical (unpaired) electrons. The third-order valence-electron chi connectivity index (χ3n) is 7.87. The quantitative estimate of drug-likeness (QED) is 0.604. The van der Waals surface area contributed by atoms with E-state index in [1.807, 2.05) is 18.2 Å². The molecule has 3 atom stereocenters. The maximum Gasteiger partial charge on any atom is 0.258 e. The molecule has 2 amide bonds. The van der Waals surface area contributed by atoms with E-state index >= 15 is 0 Å². The third kappa shape index (κ3) is 5.58. The summed E-state index contributed by atoms with van der Waals surface area (Å²) in [5.74, 6) is -0.0213. The minimum atomic E-state index is -0.569. The summed E-state index contributed by atoms with van der Waals surface area (Å²) in [6.45, 7) is 5.19. The zero-order valence-corrected chi connectivity index (χ0v) is 21.1. The molecule has 2 aromatic rings. The van der Waals surface area contributed by atoms with Crippen molar-refractivity contribution in [1.82, 2.24) is 15.1 Å². The summed E-state index contributed by atoms with van der Waals surface area (Å²) in [4.78, 5) is 30.1. The molecule has 36 heavy (non-hydrogen) atoms. The van der Waals surface area contributed by atoms with E-state index < -0.39 is 5.82 Å². The van der Waals surface area contributed by atoms with Crippen LogP contribution in [0.3, 0.4) is 0 Å². The molecular formula is C28H33ClFN3O3. The Morgan fingerprint density at radius 2 is 1.69 bits per heavy atom. The molecule has 3 saturated heterocycles. The van der Waals surface area contributed by atoms with Crippen LogP contribution in [0.5, 0.6) is 0 Å². The van der Waals surface area contributed by atoms with Crippen LogP contribution in [-0.4, -0.2) is 67.6 Å². The Hall–Kier alpha value is -2.48. The molecule has 3 heterocycles. The lowest BCUT2D eigenvalue weighted by molar-refractivity contribution is -0.128. The normalized spacial score (nSPS) is 23.4. The van der Waals surface area contributed by atoms with Crippen LogP contribution in [-0.2, 0) is 9.53 Å². The molecule has 0 saturated carbocycles. The molecule has 3 aliphatic rings. The predicted molar refractivity (Wildman–Crippen MR) is 136 cm³/mol. The Morgan fingerprint density at radius 3 is 2.36 bits per heavy atom. The maximum absolute atomic E-state index is 14.3. The number of halogens is 2. The minimum absolute atomic E-state index is 0.0163. The fraction of sp³-hybridized carbons (Fsp3) is 0.500. The fourth-order valence-corrected chi connectivity index (χ4v) is 6.11. The highest BCUT2D eigenvalue weighted by Gasteiger charge is 2.42. The van der Waals surface area contributed by atoms with Gasteiger partial charge in [-0.1, -0.05) is 48.0 Å². The van der Waals surface area contributed by atoms with E-state index in [9.17, 15) is 14.0 Å². The van der Waals surface area contributed by atoms with Gasteiger partial charge < -0.3 is 19.9 Å². The second-order valence-electron chi connectivity index (χ2n) is 10.2. The highest BCUT2D eigenvalue weighted by molar-refractivity contribution is 6.33. The van der Waals surface area contributed by atoms with Gasteiger partial charge in [0.25, 0.3) is 5.91 Å². The topological polar surface area (TPSA) is 61.9 Å². The van der Waals surface area contributed by atoms with Crippen LogP contribution in [0.4, 0.5) is 4.39 Å². The first kappa shape index (κ1) is 25.2. The first-order valence-corrected chi connectivity index (χ1v) is 13.3. The van der Waals surface area contributed by atoms with Crippen molar-refractivity contribution in [2.75, 3.05) is 45.9 Å². The summed E-state index contributed by atoms with van der Waals surface area (Å²) in [5, 5.41) is 3.47. The molecule has 0 spiro atoms. The van der Waals surface area contributed by atoms with Gasteiger partial charge in [0.2, 0.25) is 5.91 Å². The Morgan fingerprint density at radius 1 is 1.00 bits per heavy atom. The first-order valence-electron chi connectivity index (χ1n) is 12.9. The Labute approximate surface area is 216 Å². The van der Waals surface area contributed by atoms with Crippen molar-refractivity contribution in [2.45, 2.75) is 25.3 Å². The number of ether oxygens (including phenoxy) is 1. The number of likely N-dealkylation sites (tertiary alicyclic amines) is 2. The standard InChI is InChI=1S/C28H33ClFN3O3/c29-23-7-4-8-24(30)26(23)28(35)33-17-21-15-32(16-22(21)18-33)12-9-25(19-5-2-1-3-6-19)31-27(34)20-10-13-36-14-11-20/h1-8,20-22,25H,9-18H2,(H,31,34)/t21?,22?,25-/m0/s1. The monoisotopic (exact) mass is 513 g/mol. The van der Waals surface area contributed by atoms with Crippen LogP contribution in [0.25, 0.3) is 0 Å². The molecule has 3 fully saturated rings. The highest BCUT2D eigenvalue weighted by atomic mass is 35.5. The molecule has 3 aliphatic heterocycles. The fourth-order valence-electron chi connectivity index (χ4n) is 5.87. The minimum Gasteiger partial charge on any atom is -0.381 e. The summed E-state index contributed by atoms with van der Waals surface area (Å²) >= 11 is 6.12. The number of fused-ring (bicyclic) bond motifs is 1. The zero-order chi connectivity index (χ0) is 25.1. The van der Waals surface area contributed by atoms with Gasteiger partial charge in [-0.2, -0.15) is 0 Å². The third-order valence-corrected chi connectivity index (χ3v) is 8.19. The summed E-state index contributed by atoms with van der Waals surface area (Å²) in [5.41, 5.74) is 1.10. The van der Waals surface area contributed by atoms with Gasteiger partial charge in [0, 0.05) is 51.9 Å². The Bertz CT molecular complexity index is 1040. The van der Waals surface area contributed by atoms with E-state index in [0.29, 0.717) is 38.1 Å². The van der Waals surface area contributed by atoms with Crippen LogP contribution >= 0.6 is 11.6 Å². The van der Waals surface area contributed by atoms with Gasteiger partial charge in [-0.25, -0.2) is 4.39 Å². The van der Waals surface area contributed by atoms with Crippen LogP contribution in [0, 0.1) is 23.6 Å². The number of carbonyl (C=O) groups is 2. The van der Waals surface area contributed by atoms with Crippen LogP contribution < -0.4 is 5.32 Å². The number of nitrogens with one attached hydrogen (secondary N) is 1. The molecule has 2 aromatic carbocycles. The van der Waals surface area contributed by atoms with Crippen molar-refractivity contribution in [3.05, 3.63) is 70.5 Å². The average molecular weight is 514 g/mol. The van der Waals surface area contributed by atoms with Crippen molar-refractivity contribution < 1.29 is 18.7 Å². The Kier molecular flexibility index (Phi) is 7.89. The number of carbonyl (C=O) groups excluding carboxylic acids is 2. The lowest BCUT2D eigenvalue weighted by atomic mass is 9.97. The zero-order valence-electron chi connectivity index (χ0n) is 20.4. The van der Waals surface area contributed by atoms with E-state index in [1.54, 1.807) is 11.0 Å². The van der Waals surface area contributed by atoms with E-state index in [1.165, 1.54) is 12.1 Å². The van der Waals surface area contributed by atoms with Crippen LogP contribution in [0.1, 0.15) is 41.2 Å². The number of benzene rings is 2. The van der Waals surface area contributed by atoms with Crippen molar-refractivity contribution >= 4 is 23.4 Å². The predicted octanol–water partition coefficient (Wildman–Crippen LogP) is 4.16. The largest absolute Gasteiger partial charge is 0.381 e. The molecule has 0 aromatic heterocycles. The number of amides is 2. The van der Waals surface area contributed by atoms with E-state index in [0.717, 1.165) is 44.5 Å². The van der Waals surface area contributed by atoms with Gasteiger partial charge >= 0.3 is 0 Å². The second kappa shape index (κ2) is 11.3. The molecular weight excluding hydrogens is 481 g/mol. The number of rotatable bonds is 7. The lowest BCUT2D eigenvalue weighted by Crippen LogP contribution is -2.38. The highest BCUT2D eigenvalue weighted by Crippen LogP contribution is 2.34. The smallest absolute Gasteiger partial charge is 0.258 e. The number of hydrogen-bond acceptors (Lipinski definition) is 4. The molecule has 192 valence electrons. The SMILES string of the molecule is O=C(N[C@@H](CCN1CC2CN(C(=O)c3c(F)cccc3Cl)CC2C1)c1ccccc1)C1CCOCC1. The second-order valence-corrected chi connectivity index (χ2v) is 10.6. The number of hydrogen-bond donors (Lipinski definition) is 1. The summed E-state index contributed by atoms with van der Waals surface area (Å²) < 4.78 is 19.7. The van der Waals surface area contributed by atoms with Gasteiger partial charge in [-0.05, 0) is 48.8 Å². The lowest BCUT2D eigenvalue weighted by Gasteiger charge is -2.27. The van der Waals surface area contributed by atoms with Gasteiger partial charge in [0.05, 0.1) is 16.6 Å². The molecule has 5 rings (SSSR count). The summed E-state index contributed by atoms with van der Waals surface area (Å²) in [6, 6.07) is 14.5. The molecule has 1 N–H and O–H groups in total. The molecule has 0 aliphatic carbocycles. The van der Waals surface area contributed by atoms with E-state index in [2.05, 4.69) is 22.3 Å². The first-order chi connectivity index (χ1) is 17.5. The van der Waals surface area contributed by atoms with Crippen molar-refractivity contribution in [3.63, 3.8) is 0 Å². The molecule has 2 unspecified atom stereocenters. The van der Waals surface area contributed by atoms with E-state index in [4.69, 9.17) is 16.3 Å².